The van der Waals surface area contributed by atoms with Crippen LogP contribution in [0.25, 0.3) is 0 Å². The van der Waals surface area contributed by atoms with Gasteiger partial charge in [0.05, 0.1) is 0 Å². The molecule has 0 fully saturated rings. The van der Waals surface area contributed by atoms with Crippen molar-refractivity contribution < 1.29 is 0 Å². The van der Waals surface area contributed by atoms with Crippen LogP contribution in [0.5, 0.6) is 0 Å². The number of hydrazine groups is 2. The molecule has 0 aliphatic heterocycles. The molecule has 4 nitrogen and oxygen atoms in total. The van der Waals surface area contributed by atoms with Crippen molar-refractivity contribution in [3.05, 3.63) is 0 Å². The van der Waals surface area contributed by atoms with E-state index < -0.39 is 0 Å². The predicted molar refractivity (Wildman–Crippen MR) is 45.0 cm³/mol. The Labute approximate surface area is 63.3 Å². The summed E-state index contributed by atoms with van der Waals surface area (Å²) < 4.78 is 0. The standard InChI is InChI=1S/C6H16N2.H4N2/c1-3-5-7-8-6-4-2;1-2/h7-8H,3-6H2,1-2H3;1-2H2. The fourth-order valence-electron chi connectivity index (χ4n) is 0.427. The molecule has 0 spiro atoms. The zero-order valence-corrected chi connectivity index (χ0v) is 6.98. The number of hydrogen-bond donors (Lipinski definition) is 4. The van der Waals surface area contributed by atoms with Crippen LogP contribution in [-0.4, -0.2) is 13.1 Å². The second-order valence-electron chi connectivity index (χ2n) is 1.85. The molecule has 0 saturated carbocycles. The van der Waals surface area contributed by atoms with E-state index in [1.807, 2.05) is 0 Å². The molecule has 0 rings (SSSR count). The van der Waals surface area contributed by atoms with Gasteiger partial charge in [0.1, 0.15) is 0 Å². The van der Waals surface area contributed by atoms with Crippen molar-refractivity contribution in [1.29, 1.82) is 0 Å². The SMILES string of the molecule is CCCNNCCC.NN. The van der Waals surface area contributed by atoms with Gasteiger partial charge in [-0.25, -0.2) is 0 Å². The molecular weight excluding hydrogens is 128 g/mol. The topological polar surface area (TPSA) is 76.1 Å². The molecule has 10 heavy (non-hydrogen) atoms. The molecule has 0 amide bonds. The van der Waals surface area contributed by atoms with E-state index in [0.29, 0.717) is 0 Å². The summed E-state index contributed by atoms with van der Waals surface area (Å²) >= 11 is 0. The molecule has 64 valence electrons. The Morgan fingerprint density at radius 2 is 1.20 bits per heavy atom. The first-order valence-corrected chi connectivity index (χ1v) is 3.70. The van der Waals surface area contributed by atoms with Crippen molar-refractivity contribution in [2.24, 2.45) is 11.7 Å². The van der Waals surface area contributed by atoms with E-state index in [4.69, 9.17) is 0 Å². The Kier molecular flexibility index (Phi) is 19.9. The van der Waals surface area contributed by atoms with Gasteiger partial charge in [0.25, 0.3) is 0 Å². The molecule has 0 aromatic heterocycles. The van der Waals surface area contributed by atoms with Gasteiger partial charge >= 0.3 is 0 Å². The maximum Gasteiger partial charge on any atom is 0.00971 e. The van der Waals surface area contributed by atoms with Crippen LogP contribution < -0.4 is 22.5 Å². The summed E-state index contributed by atoms with van der Waals surface area (Å²) in [4.78, 5) is 0. The molecule has 0 aromatic carbocycles. The van der Waals surface area contributed by atoms with E-state index in [0.717, 1.165) is 13.1 Å². The van der Waals surface area contributed by atoms with E-state index in [1.165, 1.54) is 12.8 Å². The van der Waals surface area contributed by atoms with Gasteiger partial charge in [0.2, 0.25) is 0 Å². The first-order valence-electron chi connectivity index (χ1n) is 3.70. The average molecular weight is 148 g/mol. The fourth-order valence-corrected chi connectivity index (χ4v) is 0.427. The number of nitrogens with one attached hydrogen (secondary N) is 2. The average Bonchev–Trinajstić information content (AvgIpc) is 2.02. The molecule has 0 aliphatic carbocycles. The van der Waals surface area contributed by atoms with Crippen LogP contribution in [0.1, 0.15) is 26.7 Å². The lowest BCUT2D eigenvalue weighted by molar-refractivity contribution is 0.527. The minimum atomic E-state index is 1.07. The van der Waals surface area contributed by atoms with Crippen molar-refractivity contribution in [2.45, 2.75) is 26.7 Å². The van der Waals surface area contributed by atoms with Gasteiger partial charge < -0.3 is 0 Å². The van der Waals surface area contributed by atoms with Gasteiger partial charge in [-0.2, -0.15) is 0 Å². The molecule has 0 heterocycles. The third-order valence-electron chi connectivity index (χ3n) is 0.875. The summed E-state index contributed by atoms with van der Waals surface area (Å²) in [5.74, 6) is 8.00. The fraction of sp³-hybridized carbons (Fsp3) is 1.00. The maximum absolute atomic E-state index is 4.00. The molecule has 0 bridgehead atoms. The lowest BCUT2D eigenvalue weighted by atomic mass is 10.5. The van der Waals surface area contributed by atoms with Gasteiger partial charge in [0.15, 0.2) is 0 Å². The largest absolute Gasteiger partial charge is 0.274 e. The Balaban J connectivity index is 0. The summed E-state index contributed by atoms with van der Waals surface area (Å²) in [6.07, 6.45) is 2.38. The first kappa shape index (κ1) is 12.5. The molecule has 0 aromatic rings. The second kappa shape index (κ2) is 15.9. The molecule has 0 aliphatic rings. The quantitative estimate of drug-likeness (QED) is 0.246. The van der Waals surface area contributed by atoms with Gasteiger partial charge in [-0.1, -0.05) is 13.8 Å². The minimum absolute atomic E-state index is 1.07. The number of nitrogens with two attached hydrogens (primary N) is 2. The Bertz CT molecular complexity index is 34.7. The summed E-state index contributed by atoms with van der Waals surface area (Å²) in [6.45, 7) is 6.45. The van der Waals surface area contributed by atoms with Crippen molar-refractivity contribution in [3.8, 4) is 0 Å². The van der Waals surface area contributed by atoms with E-state index >= 15 is 0 Å². The second-order valence-corrected chi connectivity index (χ2v) is 1.85. The van der Waals surface area contributed by atoms with Crippen LogP contribution in [0.2, 0.25) is 0 Å². The van der Waals surface area contributed by atoms with Crippen molar-refractivity contribution in [1.82, 2.24) is 10.9 Å². The van der Waals surface area contributed by atoms with Gasteiger partial charge in [0, 0.05) is 13.1 Å². The minimum Gasteiger partial charge on any atom is -0.274 e. The smallest absolute Gasteiger partial charge is 0.00971 e. The highest BCUT2D eigenvalue weighted by Crippen LogP contribution is 1.67. The maximum atomic E-state index is 4.00. The lowest BCUT2D eigenvalue weighted by Gasteiger charge is -2.01. The van der Waals surface area contributed by atoms with E-state index in [9.17, 15) is 0 Å². The van der Waals surface area contributed by atoms with Gasteiger partial charge in [-0.05, 0) is 12.8 Å². The van der Waals surface area contributed by atoms with Crippen LogP contribution in [0, 0.1) is 0 Å². The predicted octanol–water partition coefficient (Wildman–Crippen LogP) is -0.281. The summed E-state index contributed by atoms with van der Waals surface area (Å²) in [5.41, 5.74) is 6.17. The van der Waals surface area contributed by atoms with E-state index in [1.54, 1.807) is 0 Å². The third-order valence-corrected chi connectivity index (χ3v) is 0.875. The molecule has 0 unspecified atom stereocenters. The Hall–Kier alpha value is -0.160. The number of rotatable bonds is 5. The molecule has 6 N–H and O–H groups in total. The molecule has 0 atom stereocenters. The molecular formula is C6H20N4. The van der Waals surface area contributed by atoms with Crippen LogP contribution in [-0.2, 0) is 0 Å². The summed E-state index contributed by atoms with van der Waals surface area (Å²) in [6, 6.07) is 0. The van der Waals surface area contributed by atoms with Crippen LogP contribution in [0.15, 0.2) is 0 Å². The highest BCUT2D eigenvalue weighted by molar-refractivity contribution is 4.36. The van der Waals surface area contributed by atoms with Crippen molar-refractivity contribution in [2.75, 3.05) is 13.1 Å². The van der Waals surface area contributed by atoms with E-state index in [-0.39, 0.29) is 0 Å². The summed E-state index contributed by atoms with van der Waals surface area (Å²) in [5, 5.41) is 0. The molecule has 4 heteroatoms. The normalized spacial score (nSPS) is 8.40. The third kappa shape index (κ3) is 15.7. The highest BCUT2D eigenvalue weighted by atomic mass is 15.3. The van der Waals surface area contributed by atoms with Crippen LogP contribution in [0.4, 0.5) is 0 Å². The van der Waals surface area contributed by atoms with Crippen molar-refractivity contribution >= 4 is 0 Å². The van der Waals surface area contributed by atoms with Gasteiger partial charge in [-0.3, -0.25) is 22.5 Å². The zero-order valence-electron chi connectivity index (χ0n) is 6.98. The molecule has 0 radical (unpaired) electrons. The Morgan fingerprint density at radius 3 is 1.40 bits per heavy atom. The number of hydrogen-bond acceptors (Lipinski definition) is 4. The monoisotopic (exact) mass is 148 g/mol. The van der Waals surface area contributed by atoms with Gasteiger partial charge in [-0.15, -0.1) is 0 Å². The highest BCUT2D eigenvalue weighted by Gasteiger charge is 1.78. The summed E-state index contributed by atoms with van der Waals surface area (Å²) in [7, 11) is 0. The Morgan fingerprint density at radius 1 is 0.900 bits per heavy atom. The van der Waals surface area contributed by atoms with Crippen LogP contribution >= 0.6 is 0 Å². The van der Waals surface area contributed by atoms with Crippen molar-refractivity contribution in [3.63, 3.8) is 0 Å². The van der Waals surface area contributed by atoms with E-state index in [2.05, 4.69) is 36.4 Å². The lowest BCUT2D eigenvalue weighted by Crippen LogP contribution is -2.32. The molecule has 0 saturated heterocycles. The van der Waals surface area contributed by atoms with Crippen LogP contribution in [0.3, 0.4) is 0 Å². The zero-order chi connectivity index (χ0) is 8.24. The first-order chi connectivity index (χ1) is 4.91.